The second-order valence-corrected chi connectivity index (χ2v) is 5.71. The number of nitrogens with zero attached hydrogens (tertiary/aromatic N) is 2. The Kier molecular flexibility index (Phi) is 3.19. The smallest absolute Gasteiger partial charge is 0.318 e. The van der Waals surface area contributed by atoms with Gasteiger partial charge in [-0.3, -0.25) is 0 Å². The Morgan fingerprint density at radius 1 is 1.26 bits per heavy atom. The van der Waals surface area contributed by atoms with Crippen LogP contribution in [-0.2, 0) is 6.54 Å². The molecule has 0 bridgehead atoms. The average molecular weight is 259 g/mol. The van der Waals surface area contributed by atoms with Crippen LogP contribution in [0, 0.1) is 13.8 Å². The van der Waals surface area contributed by atoms with E-state index in [-0.39, 0.29) is 6.03 Å². The standard InChI is InChI=1S/C15H21N3O/c1-11-5-12(2)7-13(6-11)9-17-10-14-8-16-3-4-18(14)15(17)19/h5-7,14,16H,3-4,8-10H2,1-2H3. The Morgan fingerprint density at radius 3 is 2.68 bits per heavy atom. The third-order valence-corrected chi connectivity index (χ3v) is 3.95. The number of hydrogen-bond acceptors (Lipinski definition) is 2. The fraction of sp³-hybridized carbons (Fsp3) is 0.533. The summed E-state index contributed by atoms with van der Waals surface area (Å²) in [5, 5.41) is 3.36. The van der Waals surface area contributed by atoms with Crippen LogP contribution < -0.4 is 5.32 Å². The quantitative estimate of drug-likeness (QED) is 0.874. The van der Waals surface area contributed by atoms with E-state index in [1.54, 1.807) is 0 Å². The van der Waals surface area contributed by atoms with Crippen LogP contribution in [0.3, 0.4) is 0 Å². The Balaban J connectivity index is 1.75. The maximum atomic E-state index is 12.3. The van der Waals surface area contributed by atoms with Gasteiger partial charge in [0.05, 0.1) is 6.04 Å². The number of hydrogen-bond donors (Lipinski definition) is 1. The summed E-state index contributed by atoms with van der Waals surface area (Å²) in [4.78, 5) is 16.3. The van der Waals surface area contributed by atoms with Gasteiger partial charge < -0.3 is 15.1 Å². The molecule has 102 valence electrons. The Morgan fingerprint density at radius 2 is 2.00 bits per heavy atom. The van der Waals surface area contributed by atoms with E-state index in [2.05, 4.69) is 37.4 Å². The van der Waals surface area contributed by atoms with Crippen LogP contribution in [0.25, 0.3) is 0 Å². The predicted octanol–water partition coefficient (Wildman–Crippen LogP) is 1.51. The largest absolute Gasteiger partial charge is 0.320 e. The van der Waals surface area contributed by atoms with Crippen molar-refractivity contribution in [3.8, 4) is 0 Å². The van der Waals surface area contributed by atoms with Crippen LogP contribution in [-0.4, -0.2) is 48.1 Å². The van der Waals surface area contributed by atoms with Crippen molar-refractivity contribution in [2.45, 2.75) is 26.4 Å². The highest BCUT2D eigenvalue weighted by Gasteiger charge is 2.38. The summed E-state index contributed by atoms with van der Waals surface area (Å²) in [7, 11) is 0. The highest BCUT2D eigenvalue weighted by Crippen LogP contribution is 2.20. The molecule has 0 spiro atoms. The Hall–Kier alpha value is -1.55. The molecule has 4 nitrogen and oxygen atoms in total. The third-order valence-electron chi connectivity index (χ3n) is 3.95. The number of aryl methyl sites for hydroxylation is 2. The van der Waals surface area contributed by atoms with Crippen molar-refractivity contribution >= 4 is 6.03 Å². The number of fused-ring (bicyclic) bond motifs is 1. The van der Waals surface area contributed by atoms with Gasteiger partial charge in [0.25, 0.3) is 0 Å². The zero-order valence-electron chi connectivity index (χ0n) is 11.6. The molecule has 1 aromatic rings. The van der Waals surface area contributed by atoms with Gasteiger partial charge in [-0.05, 0) is 19.4 Å². The van der Waals surface area contributed by atoms with E-state index < -0.39 is 0 Å². The lowest BCUT2D eigenvalue weighted by Gasteiger charge is -2.28. The summed E-state index contributed by atoms with van der Waals surface area (Å²) in [6.07, 6.45) is 0. The monoisotopic (exact) mass is 259 g/mol. The van der Waals surface area contributed by atoms with Crippen LogP contribution in [0.4, 0.5) is 4.79 Å². The molecule has 0 saturated carbocycles. The number of amides is 2. The topological polar surface area (TPSA) is 35.6 Å². The van der Waals surface area contributed by atoms with Crippen LogP contribution in [0.2, 0.25) is 0 Å². The molecule has 2 saturated heterocycles. The van der Waals surface area contributed by atoms with Crippen molar-refractivity contribution in [2.24, 2.45) is 0 Å². The van der Waals surface area contributed by atoms with Gasteiger partial charge >= 0.3 is 6.03 Å². The molecule has 0 aromatic heterocycles. The van der Waals surface area contributed by atoms with Gasteiger partial charge in [-0.25, -0.2) is 4.79 Å². The fourth-order valence-corrected chi connectivity index (χ4v) is 3.20. The van der Waals surface area contributed by atoms with Crippen molar-refractivity contribution in [2.75, 3.05) is 26.2 Å². The van der Waals surface area contributed by atoms with Crippen LogP contribution >= 0.6 is 0 Å². The zero-order valence-corrected chi connectivity index (χ0v) is 11.6. The number of carbonyl (C=O) groups excluding carboxylic acids is 1. The fourth-order valence-electron chi connectivity index (χ4n) is 3.20. The first-order valence-corrected chi connectivity index (χ1v) is 6.97. The Bertz CT molecular complexity index is 480. The van der Waals surface area contributed by atoms with Crippen molar-refractivity contribution in [3.05, 3.63) is 34.9 Å². The molecule has 0 aliphatic carbocycles. The predicted molar refractivity (Wildman–Crippen MR) is 75.1 cm³/mol. The van der Waals surface area contributed by atoms with E-state index in [4.69, 9.17) is 0 Å². The second-order valence-electron chi connectivity index (χ2n) is 5.71. The first-order chi connectivity index (χ1) is 9.13. The number of piperazine rings is 1. The molecular weight excluding hydrogens is 238 g/mol. The summed E-state index contributed by atoms with van der Waals surface area (Å²) >= 11 is 0. The molecule has 4 heteroatoms. The SMILES string of the molecule is Cc1cc(C)cc(CN2CC3CNCCN3C2=O)c1. The molecular formula is C15H21N3O. The van der Waals surface area contributed by atoms with E-state index in [0.717, 1.165) is 32.7 Å². The highest BCUT2D eigenvalue weighted by molar-refractivity contribution is 5.77. The first-order valence-electron chi connectivity index (χ1n) is 6.97. The van der Waals surface area contributed by atoms with Crippen molar-refractivity contribution in [3.63, 3.8) is 0 Å². The molecule has 3 rings (SSSR count). The summed E-state index contributed by atoms with van der Waals surface area (Å²) in [5.41, 5.74) is 3.76. The van der Waals surface area contributed by atoms with Crippen LogP contribution in [0.1, 0.15) is 16.7 Å². The number of carbonyl (C=O) groups is 1. The molecule has 19 heavy (non-hydrogen) atoms. The summed E-state index contributed by atoms with van der Waals surface area (Å²) in [6.45, 7) is 8.47. The molecule has 1 aromatic carbocycles. The van der Waals surface area contributed by atoms with Gasteiger partial charge in [-0.15, -0.1) is 0 Å². The molecule has 2 heterocycles. The van der Waals surface area contributed by atoms with Crippen LogP contribution in [0.5, 0.6) is 0 Å². The minimum Gasteiger partial charge on any atom is -0.318 e. The van der Waals surface area contributed by atoms with Gasteiger partial charge in [-0.1, -0.05) is 29.3 Å². The number of rotatable bonds is 2. The lowest BCUT2D eigenvalue weighted by molar-refractivity contribution is 0.178. The molecule has 2 fully saturated rings. The molecule has 2 aliphatic heterocycles. The molecule has 1 N–H and O–H groups in total. The van der Waals surface area contributed by atoms with E-state index in [1.165, 1.54) is 16.7 Å². The van der Waals surface area contributed by atoms with Gasteiger partial charge in [0.1, 0.15) is 0 Å². The number of benzene rings is 1. The van der Waals surface area contributed by atoms with Crippen molar-refractivity contribution in [1.82, 2.24) is 15.1 Å². The molecule has 1 atom stereocenters. The number of nitrogens with one attached hydrogen (secondary N) is 1. The number of urea groups is 1. The summed E-state index contributed by atoms with van der Waals surface area (Å²) in [5.74, 6) is 0. The lowest BCUT2D eigenvalue weighted by atomic mass is 10.1. The first kappa shape index (κ1) is 12.5. The van der Waals surface area contributed by atoms with E-state index in [9.17, 15) is 4.79 Å². The van der Waals surface area contributed by atoms with Gasteiger partial charge in [0.15, 0.2) is 0 Å². The molecule has 2 aliphatic rings. The van der Waals surface area contributed by atoms with Crippen molar-refractivity contribution in [1.29, 1.82) is 0 Å². The minimum atomic E-state index is 0.200. The second kappa shape index (κ2) is 4.85. The minimum absolute atomic E-state index is 0.200. The zero-order chi connectivity index (χ0) is 13.4. The lowest BCUT2D eigenvalue weighted by Crippen LogP contribution is -2.49. The summed E-state index contributed by atoms with van der Waals surface area (Å²) in [6, 6.07) is 7.08. The summed E-state index contributed by atoms with van der Waals surface area (Å²) < 4.78 is 0. The van der Waals surface area contributed by atoms with Gasteiger partial charge in [-0.2, -0.15) is 0 Å². The van der Waals surface area contributed by atoms with Crippen LogP contribution in [0.15, 0.2) is 18.2 Å². The maximum absolute atomic E-state index is 12.3. The molecule has 1 unspecified atom stereocenters. The highest BCUT2D eigenvalue weighted by atomic mass is 16.2. The van der Waals surface area contributed by atoms with E-state index >= 15 is 0 Å². The average Bonchev–Trinajstić information content (AvgIpc) is 2.66. The maximum Gasteiger partial charge on any atom is 0.320 e. The third kappa shape index (κ3) is 2.45. The Labute approximate surface area is 114 Å². The molecule has 2 amide bonds. The van der Waals surface area contributed by atoms with E-state index in [1.807, 2.05) is 9.80 Å². The van der Waals surface area contributed by atoms with Gasteiger partial charge in [0, 0.05) is 32.7 Å². The van der Waals surface area contributed by atoms with Crippen molar-refractivity contribution < 1.29 is 4.79 Å². The normalized spacial score (nSPS) is 22.8. The van der Waals surface area contributed by atoms with E-state index in [0.29, 0.717) is 6.04 Å². The molecule has 0 radical (unpaired) electrons. The van der Waals surface area contributed by atoms with Gasteiger partial charge in [0.2, 0.25) is 0 Å².